The van der Waals surface area contributed by atoms with Crippen molar-refractivity contribution in [3.63, 3.8) is 0 Å². The van der Waals surface area contributed by atoms with Crippen LogP contribution in [-0.2, 0) is 9.05 Å². The van der Waals surface area contributed by atoms with Crippen LogP contribution in [-0.4, -0.2) is 20.9 Å². The van der Waals surface area contributed by atoms with Gasteiger partial charge < -0.3 is 0 Å². The van der Waals surface area contributed by atoms with Gasteiger partial charge in [-0.2, -0.15) is 0 Å². The number of hydrogen-bond acceptors (Lipinski definition) is 2. The van der Waals surface area contributed by atoms with Crippen molar-refractivity contribution < 1.29 is 9.05 Å². The summed E-state index contributed by atoms with van der Waals surface area (Å²) < 4.78 is 10.1. The summed E-state index contributed by atoms with van der Waals surface area (Å²) in [5.41, 5.74) is 0. The third kappa shape index (κ3) is 1.91. The third-order valence-corrected chi connectivity index (χ3v) is 3.54. The molecule has 50 valence electrons. The van der Waals surface area contributed by atoms with Gasteiger partial charge in [0.2, 0.25) is 0 Å². The van der Waals surface area contributed by atoms with E-state index in [0.29, 0.717) is 0 Å². The average molecular weight is 136 g/mol. The molecule has 0 atom stereocenters. The average Bonchev–Trinajstić information content (AvgIpc) is 1.87. The van der Waals surface area contributed by atoms with Gasteiger partial charge in [-0.15, -0.1) is 0 Å². The van der Waals surface area contributed by atoms with Crippen molar-refractivity contribution in [1.29, 1.82) is 0 Å². The van der Waals surface area contributed by atoms with Crippen molar-refractivity contribution in [2.45, 2.75) is 0 Å². The minimum atomic E-state index is -1.91. The van der Waals surface area contributed by atoms with E-state index in [-0.39, 0.29) is 0 Å². The van der Waals surface area contributed by atoms with E-state index in [2.05, 4.69) is 6.58 Å². The second-order valence-corrected chi connectivity index (χ2v) is 4.88. The van der Waals surface area contributed by atoms with E-state index in [1.165, 1.54) is 0 Å². The molecule has 0 fully saturated rings. The van der Waals surface area contributed by atoms with Crippen molar-refractivity contribution in [2.24, 2.45) is 0 Å². The van der Waals surface area contributed by atoms with Gasteiger partial charge in [-0.3, -0.25) is 0 Å². The molecule has 0 aliphatic heterocycles. The Kier molecular flexibility index (Phi) is 3.22. The van der Waals surface area contributed by atoms with Crippen LogP contribution in [0.2, 0.25) is 0 Å². The molecule has 0 saturated carbocycles. The van der Waals surface area contributed by atoms with Crippen LogP contribution in [0.5, 0.6) is 0 Å². The van der Waals surface area contributed by atoms with Gasteiger partial charge in [0.05, 0.1) is 0 Å². The summed E-state index contributed by atoms with van der Waals surface area (Å²) in [6, 6.07) is 0. The molecule has 0 rings (SSSR count). The van der Waals surface area contributed by atoms with Gasteiger partial charge in [-0.1, -0.05) is 0 Å². The van der Waals surface area contributed by atoms with Crippen LogP contribution in [0, 0.1) is 0 Å². The molecule has 2 nitrogen and oxygen atoms in total. The molecular weight excluding hydrogens is 123 g/mol. The predicted octanol–water partition coefficient (Wildman–Crippen LogP) is 1.63. The zero-order valence-electron chi connectivity index (χ0n) is 5.60. The Morgan fingerprint density at radius 3 is 1.75 bits per heavy atom. The Morgan fingerprint density at radius 2 is 1.75 bits per heavy atom. The maximum atomic E-state index is 5.03. The van der Waals surface area contributed by atoms with Crippen molar-refractivity contribution in [1.82, 2.24) is 0 Å². The topological polar surface area (TPSA) is 18.5 Å². The Hall–Kier alpha value is 0.0900. The third-order valence-electron chi connectivity index (χ3n) is 1.18. The van der Waals surface area contributed by atoms with E-state index in [1.807, 2.05) is 6.66 Å². The molecule has 0 aromatic heterocycles. The first-order chi connectivity index (χ1) is 3.68. The summed E-state index contributed by atoms with van der Waals surface area (Å²) in [5, 5.41) is 0. The Labute approximate surface area is 51.0 Å². The second-order valence-electron chi connectivity index (χ2n) is 1.63. The first-order valence-corrected chi connectivity index (χ1v) is 4.82. The van der Waals surface area contributed by atoms with Crippen LogP contribution in [0.15, 0.2) is 12.4 Å². The van der Waals surface area contributed by atoms with E-state index in [9.17, 15) is 0 Å². The summed E-state index contributed by atoms with van der Waals surface area (Å²) in [6.07, 6.45) is 0. The van der Waals surface area contributed by atoms with Crippen molar-refractivity contribution in [3.05, 3.63) is 12.4 Å². The van der Waals surface area contributed by atoms with Crippen molar-refractivity contribution >= 4 is 7.72 Å². The first kappa shape index (κ1) is 8.09. The van der Waals surface area contributed by atoms with Gasteiger partial charge in [0.15, 0.2) is 0 Å². The molecule has 0 N–H and O–H groups in total. The van der Waals surface area contributed by atoms with Gasteiger partial charge in [-0.25, -0.2) is 0 Å². The molecule has 0 aromatic rings. The zero-order valence-corrected chi connectivity index (χ0v) is 6.60. The quantitative estimate of drug-likeness (QED) is 0.549. The van der Waals surface area contributed by atoms with Crippen molar-refractivity contribution in [3.8, 4) is 0 Å². The molecule has 0 unspecified atom stereocenters. The summed E-state index contributed by atoms with van der Waals surface area (Å²) >= 11 is 0. The molecule has 3 heteroatoms. The second kappa shape index (κ2) is 3.18. The van der Waals surface area contributed by atoms with Crippen LogP contribution < -0.4 is 0 Å². The molecule has 0 aliphatic rings. The SMILES string of the molecule is C=C[PH](C)(OC)OC. The molecular formula is C5H13O2P. The predicted molar refractivity (Wildman–Crippen MR) is 38.5 cm³/mol. The van der Waals surface area contributed by atoms with Crippen LogP contribution in [0.4, 0.5) is 0 Å². The van der Waals surface area contributed by atoms with Crippen molar-refractivity contribution in [2.75, 3.05) is 20.9 Å². The molecule has 0 aromatic carbocycles. The van der Waals surface area contributed by atoms with Gasteiger partial charge in [-0.05, 0) is 0 Å². The van der Waals surface area contributed by atoms with Crippen LogP contribution in [0.1, 0.15) is 0 Å². The molecule has 0 amide bonds. The Bertz CT molecular complexity index is 78.5. The summed E-state index contributed by atoms with van der Waals surface area (Å²) in [4.78, 5) is 0. The number of rotatable bonds is 3. The molecule has 8 heavy (non-hydrogen) atoms. The normalized spacial score (nSPS) is 13.4. The molecule has 0 aliphatic carbocycles. The monoisotopic (exact) mass is 136 g/mol. The van der Waals surface area contributed by atoms with E-state index in [0.717, 1.165) is 0 Å². The fourth-order valence-electron chi connectivity index (χ4n) is 0.250. The van der Waals surface area contributed by atoms with Crippen LogP contribution >= 0.6 is 7.72 Å². The van der Waals surface area contributed by atoms with E-state index >= 15 is 0 Å². The fourth-order valence-corrected chi connectivity index (χ4v) is 0.750. The minimum absolute atomic E-state index is 1.64. The van der Waals surface area contributed by atoms with E-state index in [1.54, 1.807) is 20.0 Å². The fraction of sp³-hybridized carbons (Fsp3) is 0.600. The summed E-state index contributed by atoms with van der Waals surface area (Å²) in [6.45, 7) is 5.52. The molecule has 0 bridgehead atoms. The van der Waals surface area contributed by atoms with Gasteiger partial charge in [0.25, 0.3) is 0 Å². The first-order valence-electron chi connectivity index (χ1n) is 2.42. The summed E-state index contributed by atoms with van der Waals surface area (Å²) in [5.74, 6) is 1.74. The Balaban J connectivity index is 3.76. The van der Waals surface area contributed by atoms with E-state index in [4.69, 9.17) is 9.05 Å². The standard InChI is InChI=1S/C5H13O2P/c1-5-8(4,6-2)7-3/h5,8H,1H2,2-4H3. The zero-order chi connectivity index (χ0) is 6.62. The van der Waals surface area contributed by atoms with Crippen LogP contribution in [0.25, 0.3) is 0 Å². The van der Waals surface area contributed by atoms with Gasteiger partial charge in [0.1, 0.15) is 0 Å². The van der Waals surface area contributed by atoms with Crippen LogP contribution in [0.3, 0.4) is 0 Å². The number of hydrogen-bond donors (Lipinski definition) is 0. The van der Waals surface area contributed by atoms with Gasteiger partial charge >= 0.3 is 50.0 Å². The van der Waals surface area contributed by atoms with E-state index < -0.39 is 7.72 Å². The Morgan fingerprint density at radius 1 is 1.38 bits per heavy atom. The summed E-state index contributed by atoms with van der Waals surface area (Å²) in [7, 11) is 1.37. The molecule has 0 heterocycles. The molecule has 0 saturated heterocycles. The van der Waals surface area contributed by atoms with Gasteiger partial charge in [0, 0.05) is 0 Å². The molecule has 0 radical (unpaired) electrons. The maximum absolute atomic E-state index is 5.03. The molecule has 0 spiro atoms.